The van der Waals surface area contributed by atoms with Gasteiger partial charge in [-0.1, -0.05) is 0 Å². The van der Waals surface area contributed by atoms with Gasteiger partial charge in [-0.05, 0) is 12.8 Å². The first-order valence-corrected chi connectivity index (χ1v) is 5.88. The van der Waals surface area contributed by atoms with Crippen LogP contribution in [-0.4, -0.2) is 63.2 Å². The van der Waals surface area contributed by atoms with Crippen molar-refractivity contribution in [3.8, 4) is 0 Å². The molecular formula is C11H21N3O3. The van der Waals surface area contributed by atoms with Crippen molar-refractivity contribution in [3.63, 3.8) is 0 Å². The average molecular weight is 243 g/mol. The molecule has 2 amide bonds. The van der Waals surface area contributed by atoms with E-state index < -0.39 is 0 Å². The number of likely N-dealkylation sites (N-methyl/N-ethyl adjacent to an activating group) is 1. The lowest BCUT2D eigenvalue weighted by molar-refractivity contribution is -0.130. The van der Waals surface area contributed by atoms with Gasteiger partial charge in [-0.15, -0.1) is 0 Å². The van der Waals surface area contributed by atoms with Gasteiger partial charge in [0, 0.05) is 27.2 Å². The maximum atomic E-state index is 11.4. The second-order valence-electron chi connectivity index (χ2n) is 4.33. The summed E-state index contributed by atoms with van der Waals surface area (Å²) in [7, 11) is 3.31. The Kier molecular flexibility index (Phi) is 5.93. The van der Waals surface area contributed by atoms with Crippen LogP contribution in [0.3, 0.4) is 0 Å². The first-order chi connectivity index (χ1) is 8.09. The third-order valence-corrected chi connectivity index (χ3v) is 2.62. The van der Waals surface area contributed by atoms with E-state index in [9.17, 15) is 9.59 Å². The Labute approximate surface area is 102 Å². The number of hydrogen-bond acceptors (Lipinski definition) is 4. The Morgan fingerprint density at radius 2 is 2.12 bits per heavy atom. The monoisotopic (exact) mass is 243 g/mol. The highest BCUT2D eigenvalue weighted by molar-refractivity contribution is 5.85. The lowest BCUT2D eigenvalue weighted by atomic mass is 10.2. The van der Waals surface area contributed by atoms with Gasteiger partial charge in [0.1, 0.15) is 0 Å². The van der Waals surface area contributed by atoms with Gasteiger partial charge in [-0.3, -0.25) is 9.59 Å². The minimum absolute atomic E-state index is 0.0490. The largest absolute Gasteiger partial charge is 0.377 e. The Morgan fingerprint density at radius 3 is 2.71 bits per heavy atom. The molecule has 1 aliphatic rings. The van der Waals surface area contributed by atoms with Gasteiger partial charge in [0.15, 0.2) is 0 Å². The molecule has 17 heavy (non-hydrogen) atoms. The Balaban J connectivity index is 2.02. The summed E-state index contributed by atoms with van der Waals surface area (Å²) in [5.41, 5.74) is 0. The van der Waals surface area contributed by atoms with Crippen molar-refractivity contribution >= 4 is 11.8 Å². The van der Waals surface area contributed by atoms with Gasteiger partial charge in [0.25, 0.3) is 0 Å². The molecule has 0 aliphatic carbocycles. The topological polar surface area (TPSA) is 70.7 Å². The van der Waals surface area contributed by atoms with Crippen LogP contribution in [0.15, 0.2) is 0 Å². The van der Waals surface area contributed by atoms with Gasteiger partial charge in [-0.25, -0.2) is 0 Å². The number of ether oxygens (including phenoxy) is 1. The highest BCUT2D eigenvalue weighted by Gasteiger charge is 2.15. The first kappa shape index (κ1) is 13.9. The zero-order valence-corrected chi connectivity index (χ0v) is 10.5. The van der Waals surface area contributed by atoms with E-state index in [0.29, 0.717) is 6.54 Å². The summed E-state index contributed by atoms with van der Waals surface area (Å²) in [6.07, 6.45) is 2.37. The minimum Gasteiger partial charge on any atom is -0.377 e. The average Bonchev–Trinajstić information content (AvgIpc) is 2.78. The number of amides is 2. The predicted molar refractivity (Wildman–Crippen MR) is 63.5 cm³/mol. The van der Waals surface area contributed by atoms with E-state index in [4.69, 9.17) is 4.74 Å². The van der Waals surface area contributed by atoms with Crippen LogP contribution in [0.5, 0.6) is 0 Å². The fraction of sp³-hybridized carbons (Fsp3) is 0.818. The SMILES string of the molecule is CN(C)C(=O)CNC(=O)CNCC1CCCO1. The first-order valence-electron chi connectivity index (χ1n) is 5.88. The van der Waals surface area contributed by atoms with E-state index in [1.807, 2.05) is 0 Å². The van der Waals surface area contributed by atoms with Crippen LogP contribution in [0, 0.1) is 0 Å². The summed E-state index contributed by atoms with van der Waals surface area (Å²) in [5, 5.41) is 5.57. The van der Waals surface area contributed by atoms with Gasteiger partial charge in [0.2, 0.25) is 11.8 Å². The van der Waals surface area contributed by atoms with Gasteiger partial charge in [0.05, 0.1) is 19.2 Å². The number of carbonyl (C=O) groups is 2. The van der Waals surface area contributed by atoms with Crippen LogP contribution in [0.4, 0.5) is 0 Å². The Bertz CT molecular complexity index is 263. The van der Waals surface area contributed by atoms with Crippen molar-refractivity contribution in [2.24, 2.45) is 0 Å². The minimum atomic E-state index is -0.168. The number of nitrogens with zero attached hydrogens (tertiary/aromatic N) is 1. The summed E-state index contributed by atoms with van der Waals surface area (Å²) in [5.74, 6) is -0.282. The standard InChI is InChI=1S/C11H21N3O3/c1-14(2)11(16)8-13-10(15)7-12-6-9-4-3-5-17-9/h9,12H,3-8H2,1-2H3,(H,13,15). The Morgan fingerprint density at radius 1 is 1.35 bits per heavy atom. The molecule has 1 aliphatic heterocycles. The van der Waals surface area contributed by atoms with E-state index >= 15 is 0 Å². The summed E-state index contributed by atoms with van der Waals surface area (Å²) in [6, 6.07) is 0. The normalized spacial score (nSPS) is 19.1. The molecule has 98 valence electrons. The molecule has 1 rings (SSSR count). The number of hydrogen-bond donors (Lipinski definition) is 2. The molecule has 0 radical (unpaired) electrons. The van der Waals surface area contributed by atoms with Crippen molar-refractivity contribution in [2.45, 2.75) is 18.9 Å². The van der Waals surface area contributed by atoms with E-state index in [2.05, 4.69) is 10.6 Å². The second-order valence-corrected chi connectivity index (χ2v) is 4.33. The van der Waals surface area contributed by atoms with Crippen LogP contribution in [0.2, 0.25) is 0 Å². The molecule has 6 nitrogen and oxygen atoms in total. The zero-order valence-electron chi connectivity index (χ0n) is 10.5. The van der Waals surface area contributed by atoms with E-state index in [0.717, 1.165) is 19.4 Å². The smallest absolute Gasteiger partial charge is 0.241 e. The van der Waals surface area contributed by atoms with Crippen molar-refractivity contribution in [1.82, 2.24) is 15.5 Å². The zero-order chi connectivity index (χ0) is 12.7. The van der Waals surface area contributed by atoms with Crippen LogP contribution in [0.25, 0.3) is 0 Å². The summed E-state index contributed by atoms with van der Waals surface area (Å²) in [6.45, 7) is 1.78. The molecule has 0 saturated carbocycles. The van der Waals surface area contributed by atoms with E-state index in [1.54, 1.807) is 14.1 Å². The quantitative estimate of drug-likeness (QED) is 0.625. The van der Waals surface area contributed by atoms with Crippen LogP contribution in [-0.2, 0) is 14.3 Å². The lowest BCUT2D eigenvalue weighted by Crippen LogP contribution is -2.41. The molecule has 1 saturated heterocycles. The third-order valence-electron chi connectivity index (χ3n) is 2.62. The number of nitrogens with one attached hydrogen (secondary N) is 2. The predicted octanol–water partition coefficient (Wildman–Crippen LogP) is -1.04. The molecule has 1 atom stereocenters. The maximum absolute atomic E-state index is 11.4. The van der Waals surface area contributed by atoms with Crippen molar-refractivity contribution in [2.75, 3.05) is 40.3 Å². The Hall–Kier alpha value is -1.14. The van der Waals surface area contributed by atoms with Gasteiger partial charge < -0.3 is 20.3 Å². The highest BCUT2D eigenvalue weighted by Crippen LogP contribution is 2.10. The van der Waals surface area contributed by atoms with Crippen LogP contribution >= 0.6 is 0 Å². The van der Waals surface area contributed by atoms with Gasteiger partial charge >= 0.3 is 0 Å². The highest BCUT2D eigenvalue weighted by atomic mass is 16.5. The molecule has 0 bridgehead atoms. The fourth-order valence-corrected chi connectivity index (χ4v) is 1.55. The molecular weight excluding hydrogens is 222 g/mol. The summed E-state index contributed by atoms with van der Waals surface area (Å²) >= 11 is 0. The van der Waals surface area contributed by atoms with Crippen molar-refractivity contribution < 1.29 is 14.3 Å². The second kappa shape index (κ2) is 7.24. The molecule has 0 spiro atoms. The molecule has 2 N–H and O–H groups in total. The van der Waals surface area contributed by atoms with E-state index in [1.165, 1.54) is 4.90 Å². The molecule has 0 aromatic heterocycles. The number of rotatable bonds is 6. The molecule has 6 heteroatoms. The molecule has 1 fully saturated rings. The lowest BCUT2D eigenvalue weighted by Gasteiger charge is -2.12. The van der Waals surface area contributed by atoms with Crippen LogP contribution in [0.1, 0.15) is 12.8 Å². The summed E-state index contributed by atoms with van der Waals surface area (Å²) < 4.78 is 5.41. The van der Waals surface area contributed by atoms with Crippen LogP contribution < -0.4 is 10.6 Å². The molecule has 0 aromatic rings. The molecule has 1 heterocycles. The molecule has 1 unspecified atom stereocenters. The maximum Gasteiger partial charge on any atom is 0.241 e. The van der Waals surface area contributed by atoms with E-state index in [-0.39, 0.29) is 31.0 Å². The van der Waals surface area contributed by atoms with Crippen molar-refractivity contribution in [3.05, 3.63) is 0 Å². The molecule has 0 aromatic carbocycles. The van der Waals surface area contributed by atoms with Crippen molar-refractivity contribution in [1.29, 1.82) is 0 Å². The number of carbonyl (C=O) groups excluding carboxylic acids is 2. The fourth-order valence-electron chi connectivity index (χ4n) is 1.55. The van der Waals surface area contributed by atoms with Gasteiger partial charge in [-0.2, -0.15) is 0 Å². The third kappa shape index (κ3) is 5.65. The summed E-state index contributed by atoms with van der Waals surface area (Å²) in [4.78, 5) is 24.0.